The molecule has 4 heteroatoms. The van der Waals surface area contributed by atoms with E-state index in [-0.39, 0.29) is 5.78 Å². The summed E-state index contributed by atoms with van der Waals surface area (Å²) >= 11 is 1.48. The first-order valence-corrected chi connectivity index (χ1v) is 6.53. The van der Waals surface area contributed by atoms with Crippen LogP contribution < -0.4 is 4.74 Å². The molecule has 0 radical (unpaired) electrons. The zero-order valence-electron chi connectivity index (χ0n) is 10.9. The fraction of sp³-hybridized carbons (Fsp3) is 0.286. The lowest BCUT2D eigenvalue weighted by Crippen LogP contribution is -2.05. The molecule has 0 aliphatic carbocycles. The molecule has 3 nitrogen and oxygen atoms in total. The fourth-order valence-corrected chi connectivity index (χ4v) is 2.33. The number of carbonyl (C=O) groups is 1. The molecule has 0 saturated carbocycles. The largest absolute Gasteiger partial charge is 0.496 e. The van der Waals surface area contributed by atoms with Crippen molar-refractivity contribution in [1.29, 1.82) is 0 Å². The van der Waals surface area contributed by atoms with E-state index < -0.39 is 0 Å². The van der Waals surface area contributed by atoms with Gasteiger partial charge in [-0.1, -0.05) is 0 Å². The predicted molar refractivity (Wildman–Crippen MR) is 72.8 cm³/mol. The van der Waals surface area contributed by atoms with E-state index in [2.05, 4.69) is 4.98 Å². The maximum absolute atomic E-state index is 12.4. The standard InChI is InChI=1S/C14H15NO2S/c1-8-5-11(13(17-4)6-9(8)2)14(16)12-7-18-10(3)15-12/h5-7H,1-4H3. The molecule has 1 aromatic carbocycles. The van der Waals surface area contributed by atoms with Gasteiger partial charge < -0.3 is 4.74 Å². The van der Waals surface area contributed by atoms with Gasteiger partial charge in [0.25, 0.3) is 0 Å². The second-order valence-electron chi connectivity index (χ2n) is 4.22. The SMILES string of the molecule is COc1cc(C)c(C)cc1C(=O)c1csc(C)n1. The number of thiazole rings is 1. The molecule has 0 aliphatic rings. The minimum Gasteiger partial charge on any atom is -0.496 e. The number of aromatic nitrogens is 1. The van der Waals surface area contributed by atoms with Gasteiger partial charge in [-0.25, -0.2) is 4.98 Å². The number of hydrogen-bond acceptors (Lipinski definition) is 4. The van der Waals surface area contributed by atoms with Crippen LogP contribution in [-0.4, -0.2) is 17.9 Å². The molecule has 0 fully saturated rings. The Morgan fingerprint density at radius 2 is 1.89 bits per heavy atom. The second-order valence-corrected chi connectivity index (χ2v) is 5.28. The molecule has 2 rings (SSSR count). The first-order chi connectivity index (χ1) is 8.52. The highest BCUT2D eigenvalue weighted by Crippen LogP contribution is 2.26. The predicted octanol–water partition coefficient (Wildman–Crippen LogP) is 3.31. The van der Waals surface area contributed by atoms with E-state index >= 15 is 0 Å². The maximum Gasteiger partial charge on any atom is 0.215 e. The normalized spacial score (nSPS) is 10.4. The molecule has 0 N–H and O–H groups in total. The van der Waals surface area contributed by atoms with Gasteiger partial charge in [0, 0.05) is 5.38 Å². The number of ketones is 1. The molecule has 0 bridgehead atoms. The van der Waals surface area contributed by atoms with Crippen LogP contribution in [-0.2, 0) is 0 Å². The number of rotatable bonds is 3. The molecule has 0 saturated heterocycles. The lowest BCUT2D eigenvalue weighted by atomic mass is 10.0. The molecule has 0 aliphatic heterocycles. The Kier molecular flexibility index (Phi) is 3.48. The number of benzene rings is 1. The molecule has 94 valence electrons. The third-order valence-corrected chi connectivity index (χ3v) is 3.69. The maximum atomic E-state index is 12.4. The van der Waals surface area contributed by atoms with Crippen molar-refractivity contribution in [3.05, 3.63) is 44.9 Å². The Bertz CT molecular complexity index is 602. The number of nitrogens with zero attached hydrogens (tertiary/aromatic N) is 1. The van der Waals surface area contributed by atoms with Crippen molar-refractivity contribution in [3.63, 3.8) is 0 Å². The van der Waals surface area contributed by atoms with Gasteiger partial charge in [-0.2, -0.15) is 0 Å². The summed E-state index contributed by atoms with van der Waals surface area (Å²) in [5, 5.41) is 2.67. The van der Waals surface area contributed by atoms with E-state index in [0.717, 1.165) is 16.1 Å². The second kappa shape index (κ2) is 4.90. The van der Waals surface area contributed by atoms with Crippen LogP contribution in [0.2, 0.25) is 0 Å². The molecule has 0 atom stereocenters. The number of methoxy groups -OCH3 is 1. The van der Waals surface area contributed by atoms with Gasteiger partial charge in [0.2, 0.25) is 5.78 Å². The van der Waals surface area contributed by atoms with Crippen molar-refractivity contribution < 1.29 is 9.53 Å². The summed E-state index contributed by atoms with van der Waals surface area (Å²) in [5.74, 6) is 0.521. The average molecular weight is 261 g/mol. The van der Waals surface area contributed by atoms with E-state index in [1.54, 1.807) is 12.5 Å². The summed E-state index contributed by atoms with van der Waals surface area (Å²) in [6, 6.07) is 3.76. The molecule has 18 heavy (non-hydrogen) atoms. The van der Waals surface area contributed by atoms with Crippen LogP contribution in [0.1, 0.15) is 32.2 Å². The summed E-state index contributed by atoms with van der Waals surface area (Å²) < 4.78 is 5.29. The third-order valence-electron chi connectivity index (χ3n) is 2.91. The highest BCUT2D eigenvalue weighted by atomic mass is 32.1. The van der Waals surface area contributed by atoms with Gasteiger partial charge >= 0.3 is 0 Å². The van der Waals surface area contributed by atoms with Crippen molar-refractivity contribution in [1.82, 2.24) is 4.98 Å². The smallest absolute Gasteiger partial charge is 0.215 e. The van der Waals surface area contributed by atoms with Crippen LogP contribution in [0, 0.1) is 20.8 Å². The number of carbonyl (C=O) groups excluding carboxylic acids is 1. The van der Waals surface area contributed by atoms with Gasteiger partial charge in [0.1, 0.15) is 11.4 Å². The van der Waals surface area contributed by atoms with Crippen molar-refractivity contribution in [2.45, 2.75) is 20.8 Å². The molecule has 0 amide bonds. The van der Waals surface area contributed by atoms with Crippen LogP contribution >= 0.6 is 11.3 Å². The van der Waals surface area contributed by atoms with E-state index in [4.69, 9.17) is 4.74 Å². The minimum atomic E-state index is -0.0840. The first-order valence-electron chi connectivity index (χ1n) is 5.65. The Morgan fingerprint density at radius 3 is 2.44 bits per heavy atom. The van der Waals surface area contributed by atoms with E-state index in [1.807, 2.05) is 32.9 Å². The molecule has 2 aromatic rings. The highest BCUT2D eigenvalue weighted by molar-refractivity contribution is 7.09. The lowest BCUT2D eigenvalue weighted by Gasteiger charge is -2.10. The van der Waals surface area contributed by atoms with Crippen LogP contribution in [0.4, 0.5) is 0 Å². The van der Waals surface area contributed by atoms with Crippen molar-refractivity contribution in [3.8, 4) is 5.75 Å². The highest BCUT2D eigenvalue weighted by Gasteiger charge is 2.17. The molecule has 0 spiro atoms. The van der Waals surface area contributed by atoms with Gasteiger partial charge in [-0.15, -0.1) is 11.3 Å². The number of hydrogen-bond donors (Lipinski definition) is 0. The van der Waals surface area contributed by atoms with Gasteiger partial charge in [0.15, 0.2) is 0 Å². The number of ether oxygens (including phenoxy) is 1. The molecular formula is C14H15NO2S. The van der Waals surface area contributed by atoms with E-state index in [9.17, 15) is 4.79 Å². The van der Waals surface area contributed by atoms with Crippen molar-refractivity contribution in [2.75, 3.05) is 7.11 Å². The number of aryl methyl sites for hydroxylation is 3. The summed E-state index contributed by atoms with van der Waals surface area (Å²) in [6.07, 6.45) is 0. The van der Waals surface area contributed by atoms with Gasteiger partial charge in [-0.3, -0.25) is 4.79 Å². The third kappa shape index (κ3) is 2.29. The fourth-order valence-electron chi connectivity index (χ4n) is 1.74. The molecular weight excluding hydrogens is 246 g/mol. The van der Waals surface area contributed by atoms with Crippen molar-refractivity contribution >= 4 is 17.1 Å². The summed E-state index contributed by atoms with van der Waals surface area (Å²) in [5.41, 5.74) is 3.24. The molecule has 1 heterocycles. The average Bonchev–Trinajstić information content (AvgIpc) is 2.78. The van der Waals surface area contributed by atoms with Crippen LogP contribution in [0.3, 0.4) is 0 Å². The van der Waals surface area contributed by atoms with Crippen LogP contribution in [0.25, 0.3) is 0 Å². The monoisotopic (exact) mass is 261 g/mol. The van der Waals surface area contributed by atoms with Crippen LogP contribution in [0.5, 0.6) is 5.75 Å². The zero-order valence-corrected chi connectivity index (χ0v) is 11.7. The van der Waals surface area contributed by atoms with Crippen LogP contribution in [0.15, 0.2) is 17.5 Å². The topological polar surface area (TPSA) is 39.2 Å². The minimum absolute atomic E-state index is 0.0840. The molecule has 0 unspecified atom stereocenters. The Balaban J connectivity index is 2.50. The van der Waals surface area contributed by atoms with Crippen molar-refractivity contribution in [2.24, 2.45) is 0 Å². The van der Waals surface area contributed by atoms with E-state index in [1.165, 1.54) is 11.3 Å². The Labute approximate surface area is 110 Å². The quantitative estimate of drug-likeness (QED) is 0.796. The summed E-state index contributed by atoms with van der Waals surface area (Å²) in [6.45, 7) is 5.87. The zero-order chi connectivity index (χ0) is 13.3. The molecule has 1 aromatic heterocycles. The first kappa shape index (κ1) is 12.8. The Morgan fingerprint density at radius 1 is 1.22 bits per heavy atom. The summed E-state index contributed by atoms with van der Waals surface area (Å²) in [7, 11) is 1.58. The van der Waals surface area contributed by atoms with Gasteiger partial charge in [0.05, 0.1) is 17.7 Å². The van der Waals surface area contributed by atoms with Gasteiger partial charge in [-0.05, 0) is 44.0 Å². The lowest BCUT2D eigenvalue weighted by molar-refractivity contribution is 0.103. The summed E-state index contributed by atoms with van der Waals surface area (Å²) in [4.78, 5) is 16.6. The Hall–Kier alpha value is -1.68. The van der Waals surface area contributed by atoms with E-state index in [0.29, 0.717) is 17.0 Å².